The number of likely N-dealkylation sites (tertiary alicyclic amines) is 1. The second kappa shape index (κ2) is 6.71. The van der Waals surface area contributed by atoms with Gasteiger partial charge in [-0.25, -0.2) is 4.39 Å². The van der Waals surface area contributed by atoms with E-state index in [0.717, 1.165) is 32.5 Å². The summed E-state index contributed by atoms with van der Waals surface area (Å²) in [7, 11) is 0. The maximum Gasteiger partial charge on any atom is 0.126 e. The molecule has 1 heterocycles. The highest BCUT2D eigenvalue weighted by atomic mass is 19.1. The van der Waals surface area contributed by atoms with Crippen molar-refractivity contribution in [1.82, 2.24) is 4.90 Å². The highest BCUT2D eigenvalue weighted by Gasteiger charge is 2.18. The van der Waals surface area contributed by atoms with Crippen molar-refractivity contribution in [2.45, 2.75) is 12.8 Å². The lowest BCUT2D eigenvalue weighted by atomic mass is 9.99. The first-order valence-corrected chi connectivity index (χ1v) is 6.49. The SMILES string of the molecule is OCC1CCCN(CCOc2cccc(F)c2)C1. The van der Waals surface area contributed by atoms with E-state index < -0.39 is 0 Å². The first-order valence-electron chi connectivity index (χ1n) is 6.49. The van der Waals surface area contributed by atoms with Crippen LogP contribution in [-0.4, -0.2) is 42.9 Å². The Balaban J connectivity index is 1.72. The number of hydrogen-bond acceptors (Lipinski definition) is 3. The molecule has 1 aromatic carbocycles. The molecule has 0 aromatic heterocycles. The summed E-state index contributed by atoms with van der Waals surface area (Å²) in [5.74, 6) is 0.699. The van der Waals surface area contributed by atoms with Crippen LogP contribution in [0.25, 0.3) is 0 Å². The van der Waals surface area contributed by atoms with Gasteiger partial charge in [-0.1, -0.05) is 6.07 Å². The zero-order chi connectivity index (χ0) is 12.8. The fourth-order valence-corrected chi connectivity index (χ4v) is 2.35. The number of rotatable bonds is 5. The summed E-state index contributed by atoms with van der Waals surface area (Å²) in [6, 6.07) is 6.21. The molecule has 0 saturated carbocycles. The molecular formula is C14H20FNO2. The fraction of sp³-hybridized carbons (Fsp3) is 0.571. The van der Waals surface area contributed by atoms with Gasteiger partial charge >= 0.3 is 0 Å². The summed E-state index contributed by atoms with van der Waals surface area (Å²) in [5.41, 5.74) is 0. The van der Waals surface area contributed by atoms with Crippen molar-refractivity contribution in [1.29, 1.82) is 0 Å². The maximum absolute atomic E-state index is 12.9. The molecule has 0 aliphatic carbocycles. The molecule has 1 aliphatic heterocycles. The van der Waals surface area contributed by atoms with Gasteiger partial charge in [0.1, 0.15) is 18.2 Å². The highest BCUT2D eigenvalue weighted by Crippen LogP contribution is 2.16. The van der Waals surface area contributed by atoms with Crippen LogP contribution < -0.4 is 4.74 Å². The predicted molar refractivity (Wildman–Crippen MR) is 68.1 cm³/mol. The van der Waals surface area contributed by atoms with Crippen molar-refractivity contribution in [3.8, 4) is 5.75 Å². The molecule has 0 amide bonds. The summed E-state index contributed by atoms with van der Waals surface area (Å²) in [5, 5.41) is 9.14. The fourth-order valence-electron chi connectivity index (χ4n) is 2.35. The Morgan fingerprint density at radius 1 is 1.44 bits per heavy atom. The molecule has 3 nitrogen and oxygen atoms in total. The van der Waals surface area contributed by atoms with Gasteiger partial charge in [0.05, 0.1) is 0 Å². The molecule has 1 fully saturated rings. The highest BCUT2D eigenvalue weighted by molar-refractivity contribution is 5.22. The number of nitrogens with zero attached hydrogens (tertiary/aromatic N) is 1. The summed E-state index contributed by atoms with van der Waals surface area (Å²) < 4.78 is 18.4. The molecule has 18 heavy (non-hydrogen) atoms. The lowest BCUT2D eigenvalue weighted by Crippen LogP contribution is -2.39. The topological polar surface area (TPSA) is 32.7 Å². The molecule has 1 saturated heterocycles. The molecule has 1 aromatic rings. The summed E-state index contributed by atoms with van der Waals surface area (Å²) in [6.45, 7) is 3.64. The van der Waals surface area contributed by atoms with Crippen LogP contribution in [-0.2, 0) is 0 Å². The van der Waals surface area contributed by atoms with Crippen molar-refractivity contribution < 1.29 is 14.2 Å². The second-order valence-electron chi connectivity index (χ2n) is 4.80. The largest absolute Gasteiger partial charge is 0.492 e. The molecule has 1 unspecified atom stereocenters. The van der Waals surface area contributed by atoms with Gasteiger partial charge in [0.25, 0.3) is 0 Å². The minimum atomic E-state index is -0.272. The summed E-state index contributed by atoms with van der Waals surface area (Å²) >= 11 is 0. The molecule has 0 radical (unpaired) electrons. The van der Waals surface area contributed by atoms with E-state index >= 15 is 0 Å². The van der Waals surface area contributed by atoms with Gasteiger partial charge in [-0.05, 0) is 37.4 Å². The van der Waals surface area contributed by atoms with Crippen molar-refractivity contribution >= 4 is 0 Å². The van der Waals surface area contributed by atoms with E-state index in [0.29, 0.717) is 18.3 Å². The molecule has 1 N–H and O–H groups in total. The van der Waals surface area contributed by atoms with E-state index in [1.807, 2.05) is 0 Å². The molecule has 1 aliphatic rings. The summed E-state index contributed by atoms with van der Waals surface area (Å²) in [4.78, 5) is 2.30. The molecule has 2 rings (SSSR count). The van der Waals surface area contributed by atoms with E-state index in [1.165, 1.54) is 12.1 Å². The Hall–Kier alpha value is -1.13. The van der Waals surface area contributed by atoms with Crippen LogP contribution in [0.15, 0.2) is 24.3 Å². The van der Waals surface area contributed by atoms with Gasteiger partial charge in [-0.15, -0.1) is 0 Å². The van der Waals surface area contributed by atoms with E-state index in [2.05, 4.69) is 4.90 Å². The lowest BCUT2D eigenvalue weighted by molar-refractivity contribution is 0.107. The van der Waals surface area contributed by atoms with Gasteiger partial charge in [-0.3, -0.25) is 4.90 Å². The Morgan fingerprint density at radius 3 is 3.11 bits per heavy atom. The van der Waals surface area contributed by atoms with Gasteiger partial charge < -0.3 is 9.84 Å². The minimum Gasteiger partial charge on any atom is -0.492 e. The zero-order valence-electron chi connectivity index (χ0n) is 10.5. The summed E-state index contributed by atoms with van der Waals surface area (Å²) in [6.07, 6.45) is 2.24. The molecule has 0 bridgehead atoms. The van der Waals surface area contributed by atoms with Crippen LogP contribution >= 0.6 is 0 Å². The van der Waals surface area contributed by atoms with E-state index in [-0.39, 0.29) is 12.4 Å². The molecular weight excluding hydrogens is 233 g/mol. The number of ether oxygens (including phenoxy) is 1. The Kier molecular flexibility index (Phi) is 4.96. The van der Waals surface area contributed by atoms with E-state index in [1.54, 1.807) is 12.1 Å². The van der Waals surface area contributed by atoms with Crippen LogP contribution in [0.4, 0.5) is 4.39 Å². The third-order valence-corrected chi connectivity index (χ3v) is 3.33. The smallest absolute Gasteiger partial charge is 0.126 e. The average molecular weight is 253 g/mol. The zero-order valence-corrected chi connectivity index (χ0v) is 10.5. The maximum atomic E-state index is 12.9. The monoisotopic (exact) mass is 253 g/mol. The van der Waals surface area contributed by atoms with Crippen molar-refractivity contribution in [3.63, 3.8) is 0 Å². The number of halogens is 1. The quantitative estimate of drug-likeness (QED) is 0.870. The number of benzene rings is 1. The van der Waals surface area contributed by atoms with Crippen molar-refractivity contribution in [2.75, 3.05) is 32.8 Å². The molecule has 1 atom stereocenters. The molecule has 4 heteroatoms. The van der Waals surface area contributed by atoms with Crippen molar-refractivity contribution in [3.05, 3.63) is 30.1 Å². The molecule has 0 spiro atoms. The Bertz CT molecular complexity index is 373. The van der Waals surface area contributed by atoms with Crippen LogP contribution in [0.1, 0.15) is 12.8 Å². The molecule has 100 valence electrons. The first kappa shape index (κ1) is 13.3. The average Bonchev–Trinajstić information content (AvgIpc) is 2.39. The minimum absolute atomic E-state index is 0.265. The Morgan fingerprint density at radius 2 is 2.33 bits per heavy atom. The number of hydrogen-bond donors (Lipinski definition) is 1. The van der Waals surface area contributed by atoms with E-state index in [9.17, 15) is 4.39 Å². The number of aliphatic hydroxyl groups is 1. The normalized spacial score (nSPS) is 20.9. The van der Waals surface area contributed by atoms with E-state index in [4.69, 9.17) is 9.84 Å². The van der Waals surface area contributed by atoms with Gasteiger partial charge in [0.15, 0.2) is 0 Å². The second-order valence-corrected chi connectivity index (χ2v) is 4.80. The third kappa shape index (κ3) is 3.96. The predicted octanol–water partition coefficient (Wildman–Crippen LogP) is 1.91. The van der Waals surface area contributed by atoms with Gasteiger partial charge in [0, 0.05) is 25.8 Å². The van der Waals surface area contributed by atoms with Crippen LogP contribution in [0.2, 0.25) is 0 Å². The number of aliphatic hydroxyl groups excluding tert-OH is 1. The van der Waals surface area contributed by atoms with Crippen LogP contribution in [0.5, 0.6) is 5.75 Å². The van der Waals surface area contributed by atoms with Crippen molar-refractivity contribution in [2.24, 2.45) is 5.92 Å². The third-order valence-electron chi connectivity index (χ3n) is 3.33. The number of piperidine rings is 1. The Labute approximate surface area is 107 Å². The van der Waals surface area contributed by atoms with Gasteiger partial charge in [0.2, 0.25) is 0 Å². The first-order chi connectivity index (χ1) is 8.78. The standard InChI is InChI=1S/C14H20FNO2/c15-13-4-1-5-14(9-13)18-8-7-16-6-2-3-12(10-16)11-17/h1,4-5,9,12,17H,2-3,6-8,10-11H2. The van der Waals surface area contributed by atoms with Crippen LogP contribution in [0.3, 0.4) is 0 Å². The lowest BCUT2D eigenvalue weighted by Gasteiger charge is -2.31. The van der Waals surface area contributed by atoms with Gasteiger partial charge in [-0.2, -0.15) is 0 Å². The van der Waals surface area contributed by atoms with Crippen LogP contribution in [0, 0.1) is 11.7 Å².